The van der Waals surface area contributed by atoms with E-state index in [-0.39, 0.29) is 5.91 Å². The van der Waals surface area contributed by atoms with E-state index >= 15 is 0 Å². The van der Waals surface area contributed by atoms with Gasteiger partial charge in [-0.3, -0.25) is 14.8 Å². The van der Waals surface area contributed by atoms with Crippen molar-refractivity contribution in [3.8, 4) is 22.3 Å². The summed E-state index contributed by atoms with van der Waals surface area (Å²) in [5.74, 6) is 0.704. The fourth-order valence-electron chi connectivity index (χ4n) is 5.29. The van der Waals surface area contributed by atoms with Crippen LogP contribution in [0.4, 0.5) is 11.4 Å². The molecule has 0 radical (unpaired) electrons. The van der Waals surface area contributed by atoms with Gasteiger partial charge in [-0.1, -0.05) is 36.4 Å². The van der Waals surface area contributed by atoms with Crippen molar-refractivity contribution in [3.63, 3.8) is 0 Å². The molecule has 5 heterocycles. The van der Waals surface area contributed by atoms with Crippen LogP contribution in [0.1, 0.15) is 23.9 Å². The van der Waals surface area contributed by atoms with Crippen molar-refractivity contribution in [2.24, 2.45) is 0 Å². The average molecular weight is 539 g/mol. The number of carbonyl (C=O) groups is 1. The SMILES string of the molecule is CC1=C(c2nc3c(-c4ccoc4)cncc3[nH]2)c2cc(-c3cncc(NC(=O)Cc4ccccc4)c3)ccc2NC1. The van der Waals surface area contributed by atoms with Gasteiger partial charge in [0.1, 0.15) is 11.3 Å². The van der Waals surface area contributed by atoms with Crippen LogP contribution in [0.3, 0.4) is 0 Å². The van der Waals surface area contributed by atoms with Gasteiger partial charge in [0.05, 0.1) is 42.5 Å². The van der Waals surface area contributed by atoms with Gasteiger partial charge < -0.3 is 20.0 Å². The van der Waals surface area contributed by atoms with Crippen molar-refractivity contribution in [3.05, 3.63) is 121 Å². The molecule has 4 aromatic heterocycles. The molecule has 3 N–H and O–H groups in total. The van der Waals surface area contributed by atoms with Gasteiger partial charge in [-0.05, 0) is 47.9 Å². The molecule has 7 rings (SSSR count). The molecule has 1 aliphatic rings. The number of anilines is 2. The van der Waals surface area contributed by atoms with E-state index in [1.54, 1.807) is 24.9 Å². The average Bonchev–Trinajstić information content (AvgIpc) is 3.68. The lowest BCUT2D eigenvalue weighted by Gasteiger charge is -2.23. The molecule has 6 aromatic rings. The summed E-state index contributed by atoms with van der Waals surface area (Å²) < 4.78 is 5.30. The summed E-state index contributed by atoms with van der Waals surface area (Å²) in [6, 6.07) is 19.8. The zero-order valence-electron chi connectivity index (χ0n) is 22.3. The summed E-state index contributed by atoms with van der Waals surface area (Å²) in [5, 5.41) is 6.51. The molecular weight excluding hydrogens is 512 g/mol. The maximum Gasteiger partial charge on any atom is 0.228 e. The molecule has 8 heteroatoms. The van der Waals surface area contributed by atoms with E-state index in [1.165, 1.54) is 5.57 Å². The molecule has 1 amide bonds. The molecule has 8 nitrogen and oxygen atoms in total. The first-order valence-electron chi connectivity index (χ1n) is 13.4. The number of amides is 1. The van der Waals surface area contributed by atoms with Gasteiger partial charge in [0.25, 0.3) is 0 Å². The van der Waals surface area contributed by atoms with Gasteiger partial charge in [0.2, 0.25) is 5.91 Å². The number of pyridine rings is 2. The van der Waals surface area contributed by atoms with Crippen LogP contribution in [0.15, 0.2) is 108 Å². The molecule has 0 saturated heterocycles. The van der Waals surface area contributed by atoms with E-state index in [4.69, 9.17) is 9.40 Å². The van der Waals surface area contributed by atoms with E-state index in [0.29, 0.717) is 12.1 Å². The van der Waals surface area contributed by atoms with Crippen molar-refractivity contribution < 1.29 is 9.21 Å². The number of hydrogen-bond donors (Lipinski definition) is 3. The molecular formula is C33H26N6O2. The van der Waals surface area contributed by atoms with Crippen molar-refractivity contribution in [1.82, 2.24) is 19.9 Å². The summed E-state index contributed by atoms with van der Waals surface area (Å²) in [5.41, 5.74) is 11.4. The van der Waals surface area contributed by atoms with Crippen molar-refractivity contribution >= 4 is 33.9 Å². The van der Waals surface area contributed by atoms with E-state index in [9.17, 15) is 4.79 Å². The fourth-order valence-corrected chi connectivity index (χ4v) is 5.29. The molecule has 0 unspecified atom stereocenters. The maximum atomic E-state index is 12.7. The molecule has 0 aliphatic carbocycles. The van der Waals surface area contributed by atoms with E-state index < -0.39 is 0 Å². The molecule has 0 saturated carbocycles. The second-order valence-corrected chi connectivity index (χ2v) is 10.1. The quantitative estimate of drug-likeness (QED) is 0.218. The lowest BCUT2D eigenvalue weighted by molar-refractivity contribution is -0.115. The lowest BCUT2D eigenvalue weighted by atomic mass is 9.92. The van der Waals surface area contributed by atoms with Crippen LogP contribution in [0.25, 0.3) is 38.9 Å². The van der Waals surface area contributed by atoms with Crippen molar-refractivity contribution in [2.75, 3.05) is 17.2 Å². The number of furan rings is 1. The summed E-state index contributed by atoms with van der Waals surface area (Å²) >= 11 is 0. The molecule has 2 aromatic carbocycles. The number of nitrogens with one attached hydrogen (secondary N) is 3. The van der Waals surface area contributed by atoms with Crippen LogP contribution in [-0.4, -0.2) is 32.4 Å². The van der Waals surface area contributed by atoms with Crippen LogP contribution in [0.2, 0.25) is 0 Å². The predicted molar refractivity (Wildman–Crippen MR) is 160 cm³/mol. The molecule has 0 atom stereocenters. The van der Waals surface area contributed by atoms with E-state index in [0.717, 1.165) is 68.0 Å². The summed E-state index contributed by atoms with van der Waals surface area (Å²) in [6.07, 6.45) is 10.7. The van der Waals surface area contributed by atoms with Crippen LogP contribution in [0.5, 0.6) is 0 Å². The topological polar surface area (TPSA) is 109 Å². The zero-order chi connectivity index (χ0) is 27.8. The number of H-pyrrole nitrogens is 1. The third-order valence-electron chi connectivity index (χ3n) is 7.29. The number of imidazole rings is 1. The summed E-state index contributed by atoms with van der Waals surface area (Å²) in [7, 11) is 0. The van der Waals surface area contributed by atoms with E-state index in [2.05, 4.69) is 50.7 Å². The van der Waals surface area contributed by atoms with Gasteiger partial charge in [0, 0.05) is 52.5 Å². The second-order valence-electron chi connectivity index (χ2n) is 10.1. The van der Waals surface area contributed by atoms with Gasteiger partial charge >= 0.3 is 0 Å². The lowest BCUT2D eigenvalue weighted by Crippen LogP contribution is -2.14. The minimum Gasteiger partial charge on any atom is -0.472 e. The fraction of sp³-hybridized carbons (Fsp3) is 0.0909. The highest BCUT2D eigenvalue weighted by Gasteiger charge is 2.22. The highest BCUT2D eigenvalue weighted by molar-refractivity contribution is 5.96. The maximum absolute atomic E-state index is 12.7. The number of aromatic amines is 1. The van der Waals surface area contributed by atoms with Gasteiger partial charge in [0.15, 0.2) is 0 Å². The number of benzene rings is 2. The normalized spacial score (nSPS) is 12.7. The highest BCUT2D eigenvalue weighted by atomic mass is 16.3. The minimum atomic E-state index is -0.0835. The smallest absolute Gasteiger partial charge is 0.228 e. The standard InChI is InChI=1S/C33H26N6O2/c1-20-14-36-28-8-7-22(24-12-25(16-34-15-24)37-30(40)11-21-5-3-2-4-6-21)13-26(28)31(20)33-38-29-18-35-17-27(32(29)39-33)23-9-10-41-19-23/h2-10,12-13,15-19,36H,11,14H2,1H3,(H,37,40)(H,38,39). The Morgan fingerprint density at radius 1 is 0.927 bits per heavy atom. The van der Waals surface area contributed by atoms with Gasteiger partial charge in [-0.15, -0.1) is 0 Å². The second kappa shape index (κ2) is 10.2. The van der Waals surface area contributed by atoms with E-state index in [1.807, 2.05) is 54.9 Å². The number of rotatable bonds is 6. The van der Waals surface area contributed by atoms with Crippen molar-refractivity contribution in [1.29, 1.82) is 0 Å². The zero-order valence-corrected chi connectivity index (χ0v) is 22.3. The van der Waals surface area contributed by atoms with Crippen LogP contribution < -0.4 is 10.6 Å². The number of fused-ring (bicyclic) bond motifs is 2. The third-order valence-corrected chi connectivity index (χ3v) is 7.29. The number of nitrogens with zero attached hydrogens (tertiary/aromatic N) is 3. The molecule has 41 heavy (non-hydrogen) atoms. The minimum absolute atomic E-state index is 0.0835. The summed E-state index contributed by atoms with van der Waals surface area (Å²) in [4.78, 5) is 30.0. The third kappa shape index (κ3) is 4.76. The first-order chi connectivity index (χ1) is 20.1. The Bertz CT molecular complexity index is 1920. The van der Waals surface area contributed by atoms with Gasteiger partial charge in [-0.2, -0.15) is 0 Å². The Morgan fingerprint density at radius 2 is 1.80 bits per heavy atom. The number of hydrogen-bond acceptors (Lipinski definition) is 6. The Hall–Kier alpha value is -5.50. The van der Waals surface area contributed by atoms with Gasteiger partial charge in [-0.25, -0.2) is 4.98 Å². The van der Waals surface area contributed by atoms with Crippen molar-refractivity contribution in [2.45, 2.75) is 13.3 Å². The Balaban J connectivity index is 1.22. The number of aromatic nitrogens is 4. The molecule has 1 aliphatic heterocycles. The number of carbonyl (C=O) groups excluding carboxylic acids is 1. The van der Waals surface area contributed by atoms with Crippen LogP contribution in [0, 0.1) is 0 Å². The largest absolute Gasteiger partial charge is 0.472 e. The van der Waals surface area contributed by atoms with Crippen LogP contribution >= 0.6 is 0 Å². The Kier molecular flexibility index (Phi) is 6.13. The highest BCUT2D eigenvalue weighted by Crippen LogP contribution is 2.39. The molecule has 200 valence electrons. The monoisotopic (exact) mass is 538 g/mol. The molecule has 0 fully saturated rings. The van der Waals surface area contributed by atoms with Crippen LogP contribution in [-0.2, 0) is 11.2 Å². The molecule has 0 spiro atoms. The Morgan fingerprint density at radius 3 is 2.66 bits per heavy atom. The first-order valence-corrected chi connectivity index (χ1v) is 13.4. The predicted octanol–water partition coefficient (Wildman–Crippen LogP) is 6.71. The molecule has 0 bridgehead atoms. The Labute approximate surface area is 236 Å². The first kappa shape index (κ1) is 24.5. The summed E-state index contributed by atoms with van der Waals surface area (Å²) in [6.45, 7) is 2.83.